The molecule has 5 rings (SSSR count). The second-order valence-corrected chi connectivity index (χ2v) is 11.9. The Morgan fingerprint density at radius 3 is 1.95 bits per heavy atom. The second-order valence-electron chi connectivity index (χ2n) is 11.9. The SMILES string of the molecule is CC(C)(C)c1ccc(CNC[C@@H](O)[C@H](Cc2ccccc2)NC(=O)CC2c3ccccc3-c3ccccc32)cc1. The predicted molar refractivity (Wildman–Crippen MR) is 163 cm³/mol. The topological polar surface area (TPSA) is 61.4 Å². The van der Waals surface area contributed by atoms with Gasteiger partial charge in [0.1, 0.15) is 0 Å². The fourth-order valence-corrected chi connectivity index (χ4v) is 5.71. The fraction of sp³-hybridized carbons (Fsp3) is 0.306. The van der Waals surface area contributed by atoms with Gasteiger partial charge in [-0.1, -0.05) is 124 Å². The number of rotatable bonds is 10. The average molecular weight is 533 g/mol. The Hall–Kier alpha value is -3.73. The summed E-state index contributed by atoms with van der Waals surface area (Å²) in [7, 11) is 0. The van der Waals surface area contributed by atoms with E-state index in [9.17, 15) is 9.90 Å². The van der Waals surface area contributed by atoms with Gasteiger partial charge in [-0.3, -0.25) is 4.79 Å². The molecule has 0 bridgehead atoms. The fourth-order valence-electron chi connectivity index (χ4n) is 5.71. The molecule has 0 saturated carbocycles. The van der Waals surface area contributed by atoms with E-state index in [0.29, 0.717) is 25.9 Å². The monoisotopic (exact) mass is 532 g/mol. The van der Waals surface area contributed by atoms with Gasteiger partial charge in [-0.05, 0) is 50.8 Å². The average Bonchev–Trinajstić information content (AvgIpc) is 3.26. The summed E-state index contributed by atoms with van der Waals surface area (Å²) >= 11 is 0. The van der Waals surface area contributed by atoms with Crippen molar-refractivity contribution >= 4 is 5.91 Å². The molecule has 0 heterocycles. The highest BCUT2D eigenvalue weighted by Crippen LogP contribution is 2.46. The van der Waals surface area contributed by atoms with Crippen LogP contribution in [0.15, 0.2) is 103 Å². The van der Waals surface area contributed by atoms with E-state index in [1.807, 2.05) is 42.5 Å². The van der Waals surface area contributed by atoms with Crippen LogP contribution < -0.4 is 10.6 Å². The van der Waals surface area contributed by atoms with Crippen LogP contribution in [0.4, 0.5) is 0 Å². The van der Waals surface area contributed by atoms with E-state index in [0.717, 1.165) is 5.56 Å². The molecule has 40 heavy (non-hydrogen) atoms. The molecule has 1 amide bonds. The molecule has 1 aliphatic rings. The highest BCUT2D eigenvalue weighted by atomic mass is 16.3. The number of fused-ring (bicyclic) bond motifs is 3. The van der Waals surface area contributed by atoms with Crippen LogP contribution in [-0.2, 0) is 23.2 Å². The largest absolute Gasteiger partial charge is 0.390 e. The zero-order chi connectivity index (χ0) is 28.1. The summed E-state index contributed by atoms with van der Waals surface area (Å²) < 4.78 is 0. The van der Waals surface area contributed by atoms with Gasteiger partial charge >= 0.3 is 0 Å². The highest BCUT2D eigenvalue weighted by molar-refractivity contribution is 5.84. The number of hydrogen-bond donors (Lipinski definition) is 3. The Kier molecular flexibility index (Phi) is 8.49. The molecule has 0 unspecified atom stereocenters. The van der Waals surface area contributed by atoms with E-state index in [2.05, 4.69) is 92.1 Å². The van der Waals surface area contributed by atoms with Crippen molar-refractivity contribution in [1.29, 1.82) is 0 Å². The normalized spacial score (nSPS) is 14.3. The molecule has 4 heteroatoms. The Morgan fingerprint density at radius 1 is 0.775 bits per heavy atom. The van der Waals surface area contributed by atoms with Crippen molar-refractivity contribution in [2.75, 3.05) is 6.54 Å². The van der Waals surface area contributed by atoms with Crippen molar-refractivity contribution in [3.8, 4) is 11.1 Å². The molecule has 1 aliphatic carbocycles. The smallest absolute Gasteiger partial charge is 0.221 e. The molecule has 0 aliphatic heterocycles. The number of aliphatic hydroxyl groups excluding tert-OH is 1. The first kappa shape index (κ1) is 27.8. The predicted octanol–water partition coefficient (Wildman–Crippen LogP) is 6.36. The molecule has 2 atom stereocenters. The summed E-state index contributed by atoms with van der Waals surface area (Å²) in [4.78, 5) is 13.5. The third kappa shape index (κ3) is 6.52. The molecule has 4 aromatic carbocycles. The molecular formula is C36H40N2O2. The maximum absolute atomic E-state index is 13.5. The van der Waals surface area contributed by atoms with Gasteiger partial charge < -0.3 is 15.7 Å². The third-order valence-electron chi connectivity index (χ3n) is 7.96. The lowest BCUT2D eigenvalue weighted by atomic mass is 9.87. The molecular weight excluding hydrogens is 492 g/mol. The van der Waals surface area contributed by atoms with E-state index in [1.165, 1.54) is 33.4 Å². The van der Waals surface area contributed by atoms with Crippen LogP contribution in [0, 0.1) is 0 Å². The Labute approximate surface area is 238 Å². The first-order valence-electron chi connectivity index (χ1n) is 14.3. The van der Waals surface area contributed by atoms with Crippen LogP contribution in [0.3, 0.4) is 0 Å². The van der Waals surface area contributed by atoms with E-state index in [1.54, 1.807) is 0 Å². The lowest BCUT2D eigenvalue weighted by Gasteiger charge is -2.26. The van der Waals surface area contributed by atoms with E-state index < -0.39 is 12.1 Å². The van der Waals surface area contributed by atoms with Gasteiger partial charge in [0.25, 0.3) is 0 Å². The molecule has 3 N–H and O–H groups in total. The van der Waals surface area contributed by atoms with E-state index in [4.69, 9.17) is 0 Å². The minimum Gasteiger partial charge on any atom is -0.390 e. The summed E-state index contributed by atoms with van der Waals surface area (Å²) in [5.41, 5.74) is 8.47. The number of benzene rings is 4. The molecule has 0 radical (unpaired) electrons. The van der Waals surface area contributed by atoms with Crippen LogP contribution >= 0.6 is 0 Å². The maximum atomic E-state index is 13.5. The first-order chi connectivity index (χ1) is 19.3. The van der Waals surface area contributed by atoms with Crippen LogP contribution in [0.2, 0.25) is 0 Å². The molecule has 0 fully saturated rings. The van der Waals surface area contributed by atoms with E-state index >= 15 is 0 Å². The van der Waals surface area contributed by atoms with Gasteiger partial charge in [-0.2, -0.15) is 0 Å². The molecule has 0 saturated heterocycles. The van der Waals surface area contributed by atoms with Crippen molar-refractivity contribution in [3.05, 3.63) is 131 Å². The minimum atomic E-state index is -0.735. The maximum Gasteiger partial charge on any atom is 0.221 e. The summed E-state index contributed by atoms with van der Waals surface area (Å²) in [6.07, 6.45) is 0.175. The Bertz CT molecular complexity index is 1380. The zero-order valence-corrected chi connectivity index (χ0v) is 23.7. The van der Waals surface area contributed by atoms with Gasteiger partial charge in [-0.15, -0.1) is 0 Å². The van der Waals surface area contributed by atoms with Gasteiger partial charge in [0.15, 0.2) is 0 Å². The van der Waals surface area contributed by atoms with Crippen LogP contribution in [0.25, 0.3) is 11.1 Å². The van der Waals surface area contributed by atoms with Crippen molar-refractivity contribution < 1.29 is 9.90 Å². The summed E-state index contributed by atoms with van der Waals surface area (Å²) in [5, 5.41) is 17.8. The number of carbonyl (C=O) groups excluding carboxylic acids is 1. The van der Waals surface area contributed by atoms with Crippen molar-refractivity contribution in [3.63, 3.8) is 0 Å². The molecule has 0 aromatic heterocycles. The van der Waals surface area contributed by atoms with Gasteiger partial charge in [0.2, 0.25) is 5.91 Å². The summed E-state index contributed by atoms with van der Waals surface area (Å²) in [5.74, 6) is -0.0367. The van der Waals surface area contributed by atoms with Crippen LogP contribution in [0.5, 0.6) is 0 Å². The number of amides is 1. The Morgan fingerprint density at radius 2 is 1.35 bits per heavy atom. The van der Waals surface area contributed by atoms with Crippen molar-refractivity contribution in [2.45, 2.75) is 63.6 Å². The number of carbonyl (C=O) groups is 1. The quantitative estimate of drug-likeness (QED) is 0.223. The van der Waals surface area contributed by atoms with Gasteiger partial charge in [-0.25, -0.2) is 0 Å². The van der Waals surface area contributed by atoms with Gasteiger partial charge in [0.05, 0.1) is 12.1 Å². The minimum absolute atomic E-state index is 0.0103. The molecule has 0 spiro atoms. The summed E-state index contributed by atoms with van der Waals surface area (Å²) in [6, 6.07) is 35.0. The standard InChI is InChI=1S/C36H40N2O2/c1-36(2,3)27-19-17-26(18-20-27)23-37-24-34(39)33(21-25-11-5-4-6-12-25)38-35(40)22-32-30-15-9-7-13-28(30)29-14-8-10-16-31(29)32/h4-20,32-34,37,39H,21-24H2,1-3H3,(H,38,40)/t33-,34+/m0/s1. The van der Waals surface area contributed by atoms with Crippen LogP contribution in [-0.4, -0.2) is 29.7 Å². The summed E-state index contributed by atoms with van der Waals surface area (Å²) in [6.45, 7) is 7.67. The molecule has 206 valence electrons. The number of aliphatic hydroxyl groups is 1. The number of hydrogen-bond acceptors (Lipinski definition) is 3. The second kappa shape index (κ2) is 12.2. The van der Waals surface area contributed by atoms with Crippen molar-refractivity contribution in [2.24, 2.45) is 0 Å². The van der Waals surface area contributed by atoms with Gasteiger partial charge in [0, 0.05) is 25.4 Å². The molecule has 4 aromatic rings. The lowest BCUT2D eigenvalue weighted by Crippen LogP contribution is -2.48. The van der Waals surface area contributed by atoms with Crippen LogP contribution in [0.1, 0.15) is 60.9 Å². The van der Waals surface area contributed by atoms with Crippen molar-refractivity contribution in [1.82, 2.24) is 10.6 Å². The first-order valence-corrected chi connectivity index (χ1v) is 14.3. The highest BCUT2D eigenvalue weighted by Gasteiger charge is 2.31. The third-order valence-corrected chi connectivity index (χ3v) is 7.96. The Balaban J connectivity index is 1.25. The number of nitrogens with one attached hydrogen (secondary N) is 2. The van der Waals surface area contributed by atoms with E-state index in [-0.39, 0.29) is 17.2 Å². The zero-order valence-electron chi connectivity index (χ0n) is 23.7. The molecule has 4 nitrogen and oxygen atoms in total. The lowest BCUT2D eigenvalue weighted by molar-refractivity contribution is -0.122.